The molecule has 2 aromatic heterocycles. The summed E-state index contributed by atoms with van der Waals surface area (Å²) in [6.07, 6.45) is 8.08. The number of benzene rings is 1. The molecule has 176 valence electrons. The number of fused-ring (bicyclic) bond motifs is 1. The van der Waals surface area contributed by atoms with E-state index in [0.717, 1.165) is 42.6 Å². The van der Waals surface area contributed by atoms with Crippen molar-refractivity contribution >= 4 is 28.6 Å². The fourth-order valence-electron chi connectivity index (χ4n) is 4.07. The number of piperidine rings is 1. The number of aromatic amines is 1. The maximum Gasteiger partial charge on any atom is 0.256 e. The summed E-state index contributed by atoms with van der Waals surface area (Å²) in [4.78, 5) is 19.8. The van der Waals surface area contributed by atoms with Crippen LogP contribution in [0.25, 0.3) is 11.0 Å². The monoisotopic (exact) mass is 456 g/mol. The number of aromatic nitrogens is 3. The molecule has 1 aliphatic heterocycles. The summed E-state index contributed by atoms with van der Waals surface area (Å²) in [5.41, 5.74) is 4.55. The number of hydrogen-bond donors (Lipinski definition) is 3. The van der Waals surface area contributed by atoms with E-state index < -0.39 is 0 Å². The second-order valence-electron chi connectivity index (χ2n) is 8.91. The van der Waals surface area contributed by atoms with Gasteiger partial charge in [-0.3, -0.25) is 9.89 Å². The van der Waals surface area contributed by atoms with Crippen LogP contribution in [0.1, 0.15) is 48.5 Å². The van der Waals surface area contributed by atoms with Crippen molar-refractivity contribution in [1.82, 2.24) is 20.1 Å². The highest BCUT2D eigenvalue weighted by molar-refractivity contribution is 6.07. The van der Waals surface area contributed by atoms with E-state index in [1.54, 1.807) is 6.08 Å². The van der Waals surface area contributed by atoms with E-state index in [4.69, 9.17) is 0 Å². The lowest BCUT2D eigenvalue weighted by Gasteiger charge is -2.29. The smallest absolute Gasteiger partial charge is 0.256 e. The van der Waals surface area contributed by atoms with E-state index in [1.165, 1.54) is 5.56 Å². The lowest BCUT2D eigenvalue weighted by Crippen LogP contribution is -2.29. The summed E-state index contributed by atoms with van der Waals surface area (Å²) in [5, 5.41) is 14.1. The van der Waals surface area contributed by atoms with Gasteiger partial charge in [0.05, 0.1) is 5.39 Å². The van der Waals surface area contributed by atoms with E-state index in [-0.39, 0.29) is 5.91 Å². The standard InChI is InChI=1S/C27H32N6O/c1-5-18(2)6-7-19(3)28-24-13-12-23-25(29-24)31-32-26(23)30-27(34)22-10-8-20(9-11-22)21-14-16-33(4)17-15-21/h5-13,21H,1,14-17H2,2-4H3,(H3,28,29,30,31,32,34)/b18-6-,19-7+. The van der Waals surface area contributed by atoms with Crippen molar-refractivity contribution in [2.24, 2.45) is 0 Å². The predicted molar refractivity (Wildman–Crippen MR) is 139 cm³/mol. The quantitative estimate of drug-likeness (QED) is 0.411. The van der Waals surface area contributed by atoms with Crippen molar-refractivity contribution in [2.45, 2.75) is 32.6 Å². The molecule has 7 nitrogen and oxygen atoms in total. The Bertz CT molecular complexity index is 1230. The minimum atomic E-state index is -0.186. The SMILES string of the molecule is C=C/C(C)=C\C=C(/C)Nc1ccc2c(NC(=O)c3ccc(C4CCN(C)CC4)cc3)n[nH]c2n1. The number of pyridine rings is 1. The van der Waals surface area contributed by atoms with Gasteiger partial charge in [-0.05, 0) is 88.6 Å². The van der Waals surface area contributed by atoms with Crippen LogP contribution in [-0.4, -0.2) is 46.1 Å². The Morgan fingerprint density at radius 1 is 1.09 bits per heavy atom. The zero-order valence-corrected chi connectivity index (χ0v) is 20.1. The number of rotatable bonds is 7. The highest BCUT2D eigenvalue weighted by Gasteiger charge is 2.19. The fraction of sp³-hybridized carbons (Fsp3) is 0.296. The number of hydrogen-bond acceptors (Lipinski definition) is 5. The molecule has 1 aliphatic rings. The molecular formula is C27H32N6O. The summed E-state index contributed by atoms with van der Waals surface area (Å²) >= 11 is 0. The van der Waals surface area contributed by atoms with Gasteiger partial charge < -0.3 is 15.5 Å². The number of nitrogens with zero attached hydrogens (tertiary/aromatic N) is 3. The van der Waals surface area contributed by atoms with Crippen molar-refractivity contribution in [3.8, 4) is 0 Å². The number of anilines is 2. The molecule has 0 spiro atoms. The topological polar surface area (TPSA) is 85.9 Å². The second kappa shape index (κ2) is 10.5. The summed E-state index contributed by atoms with van der Waals surface area (Å²) in [6, 6.07) is 11.7. The lowest BCUT2D eigenvalue weighted by atomic mass is 9.89. The van der Waals surface area contributed by atoms with E-state index in [0.29, 0.717) is 28.8 Å². The zero-order chi connectivity index (χ0) is 24.1. The van der Waals surface area contributed by atoms with Crippen LogP contribution in [0, 0.1) is 0 Å². The molecular weight excluding hydrogens is 424 g/mol. The van der Waals surface area contributed by atoms with Gasteiger partial charge in [0, 0.05) is 11.3 Å². The Balaban J connectivity index is 1.42. The first kappa shape index (κ1) is 23.4. The highest BCUT2D eigenvalue weighted by Crippen LogP contribution is 2.28. The van der Waals surface area contributed by atoms with Gasteiger partial charge in [-0.25, -0.2) is 4.98 Å². The molecule has 0 saturated carbocycles. The number of H-pyrrole nitrogens is 1. The summed E-state index contributed by atoms with van der Waals surface area (Å²) < 4.78 is 0. The number of carbonyl (C=O) groups is 1. The van der Waals surface area contributed by atoms with Crippen molar-refractivity contribution in [1.29, 1.82) is 0 Å². The third-order valence-electron chi connectivity index (χ3n) is 6.26. The van der Waals surface area contributed by atoms with Gasteiger partial charge in [-0.15, -0.1) is 0 Å². The summed E-state index contributed by atoms with van der Waals surface area (Å²) in [5.74, 6) is 1.54. The molecule has 1 fully saturated rings. The number of carbonyl (C=O) groups excluding carboxylic acids is 1. The molecule has 3 N–H and O–H groups in total. The van der Waals surface area contributed by atoms with Crippen LogP contribution in [0.2, 0.25) is 0 Å². The molecule has 7 heteroatoms. The molecule has 0 bridgehead atoms. The lowest BCUT2D eigenvalue weighted by molar-refractivity contribution is 0.102. The molecule has 0 unspecified atom stereocenters. The van der Waals surface area contributed by atoms with Gasteiger partial charge in [0.15, 0.2) is 11.5 Å². The predicted octanol–water partition coefficient (Wildman–Crippen LogP) is 5.47. The van der Waals surface area contributed by atoms with Crippen LogP contribution in [0.3, 0.4) is 0 Å². The molecule has 0 aliphatic carbocycles. The highest BCUT2D eigenvalue weighted by atomic mass is 16.1. The van der Waals surface area contributed by atoms with Crippen LogP contribution in [0.15, 0.2) is 72.5 Å². The number of amides is 1. The minimum Gasteiger partial charge on any atom is -0.344 e. The van der Waals surface area contributed by atoms with Crippen LogP contribution >= 0.6 is 0 Å². The maximum atomic E-state index is 12.8. The van der Waals surface area contributed by atoms with Crippen molar-refractivity contribution in [3.63, 3.8) is 0 Å². The van der Waals surface area contributed by atoms with E-state index >= 15 is 0 Å². The molecule has 34 heavy (non-hydrogen) atoms. The Hall–Kier alpha value is -3.71. The number of likely N-dealkylation sites (tertiary alicyclic amines) is 1. The van der Waals surface area contributed by atoms with E-state index in [9.17, 15) is 4.79 Å². The molecule has 3 aromatic rings. The third kappa shape index (κ3) is 5.61. The fourth-order valence-corrected chi connectivity index (χ4v) is 4.07. The average molecular weight is 457 g/mol. The van der Waals surface area contributed by atoms with Gasteiger partial charge in [0.1, 0.15) is 5.82 Å². The molecule has 1 saturated heterocycles. The van der Waals surface area contributed by atoms with Gasteiger partial charge in [0.2, 0.25) is 0 Å². The van der Waals surface area contributed by atoms with Crippen LogP contribution < -0.4 is 10.6 Å². The first-order valence-corrected chi connectivity index (χ1v) is 11.6. The molecule has 4 rings (SSSR count). The van der Waals surface area contributed by atoms with Crippen molar-refractivity contribution < 1.29 is 4.79 Å². The Morgan fingerprint density at radius 3 is 2.53 bits per heavy atom. The molecule has 1 amide bonds. The van der Waals surface area contributed by atoms with Crippen molar-refractivity contribution in [2.75, 3.05) is 30.8 Å². The Kier molecular flexibility index (Phi) is 7.23. The molecule has 3 heterocycles. The zero-order valence-electron chi connectivity index (χ0n) is 20.1. The van der Waals surface area contributed by atoms with Gasteiger partial charge >= 0.3 is 0 Å². The third-order valence-corrected chi connectivity index (χ3v) is 6.26. The summed E-state index contributed by atoms with van der Waals surface area (Å²) in [7, 11) is 2.16. The number of allylic oxidation sites excluding steroid dienone is 5. The van der Waals surface area contributed by atoms with Crippen LogP contribution in [0.4, 0.5) is 11.6 Å². The Morgan fingerprint density at radius 2 is 1.82 bits per heavy atom. The molecule has 1 aromatic carbocycles. The normalized spacial score (nSPS) is 16.0. The Labute approximate surface area is 200 Å². The molecule has 0 atom stereocenters. The van der Waals surface area contributed by atoms with E-state index in [2.05, 4.69) is 56.5 Å². The molecule has 0 radical (unpaired) electrons. The van der Waals surface area contributed by atoms with Crippen LogP contribution in [0.5, 0.6) is 0 Å². The minimum absolute atomic E-state index is 0.186. The van der Waals surface area contributed by atoms with E-state index in [1.807, 2.05) is 50.3 Å². The van der Waals surface area contributed by atoms with Gasteiger partial charge in [0.25, 0.3) is 5.91 Å². The van der Waals surface area contributed by atoms with Gasteiger partial charge in [-0.1, -0.05) is 36.4 Å². The van der Waals surface area contributed by atoms with Gasteiger partial charge in [-0.2, -0.15) is 5.10 Å². The largest absolute Gasteiger partial charge is 0.344 e. The average Bonchev–Trinajstić information content (AvgIpc) is 3.24. The van der Waals surface area contributed by atoms with Crippen LogP contribution in [-0.2, 0) is 0 Å². The summed E-state index contributed by atoms with van der Waals surface area (Å²) in [6.45, 7) is 9.95. The van der Waals surface area contributed by atoms with Crippen molar-refractivity contribution in [3.05, 3.63) is 83.6 Å². The number of nitrogens with one attached hydrogen (secondary N) is 3. The first-order valence-electron chi connectivity index (χ1n) is 11.6. The maximum absolute atomic E-state index is 12.8. The first-order chi connectivity index (χ1) is 16.4. The second-order valence-corrected chi connectivity index (χ2v) is 8.91.